The first-order valence-corrected chi connectivity index (χ1v) is 11.6. The van der Waals surface area contributed by atoms with E-state index in [0.29, 0.717) is 10.8 Å². The van der Waals surface area contributed by atoms with Crippen LogP contribution in [0.4, 0.5) is 5.69 Å². The van der Waals surface area contributed by atoms with Crippen LogP contribution in [0.1, 0.15) is 71.9 Å². The van der Waals surface area contributed by atoms with E-state index in [2.05, 4.69) is 13.8 Å². The number of fused-ring (bicyclic) bond motifs is 1. The van der Waals surface area contributed by atoms with Crippen LogP contribution >= 0.6 is 0 Å². The molecule has 1 atom stereocenters. The van der Waals surface area contributed by atoms with Crippen LogP contribution in [0.25, 0.3) is 0 Å². The topological polar surface area (TPSA) is 37.4 Å². The highest BCUT2D eigenvalue weighted by Gasteiger charge is 2.33. The van der Waals surface area contributed by atoms with Gasteiger partial charge in [0.05, 0.1) is 10.6 Å². The van der Waals surface area contributed by atoms with Crippen LogP contribution in [0.2, 0.25) is 0 Å². The number of nitrogens with zero attached hydrogens (tertiary/aromatic N) is 1. The Labute approximate surface area is 166 Å². The Bertz CT molecular complexity index is 795. The minimum Gasteiger partial charge on any atom is -0.263 e. The van der Waals surface area contributed by atoms with E-state index in [1.165, 1.54) is 0 Å². The molecule has 0 saturated carbocycles. The zero-order valence-electron chi connectivity index (χ0n) is 17.9. The SMILES string of the molecule is CC.CC.CC(C)c1ccc(S(=O)(=O)N2c3ccccc3CCC2C)cc1. The molecule has 1 aliphatic heterocycles. The highest BCUT2D eigenvalue weighted by molar-refractivity contribution is 7.92. The van der Waals surface area contributed by atoms with Crippen molar-refractivity contribution >= 4 is 15.7 Å². The summed E-state index contributed by atoms with van der Waals surface area (Å²) in [5.74, 6) is 0.390. The maximum absolute atomic E-state index is 13.2. The van der Waals surface area contributed by atoms with Crippen molar-refractivity contribution in [3.05, 3.63) is 59.7 Å². The van der Waals surface area contributed by atoms with Gasteiger partial charge in [-0.3, -0.25) is 4.31 Å². The van der Waals surface area contributed by atoms with Gasteiger partial charge < -0.3 is 0 Å². The monoisotopic (exact) mass is 389 g/mol. The van der Waals surface area contributed by atoms with Gasteiger partial charge in [-0.1, -0.05) is 71.9 Å². The quantitative estimate of drug-likeness (QED) is 0.609. The molecule has 1 unspecified atom stereocenters. The van der Waals surface area contributed by atoms with Crippen molar-refractivity contribution in [2.24, 2.45) is 0 Å². The number of para-hydroxylation sites is 1. The second-order valence-corrected chi connectivity index (χ2v) is 8.36. The minimum atomic E-state index is -3.53. The Morgan fingerprint density at radius 2 is 1.48 bits per heavy atom. The van der Waals surface area contributed by atoms with Gasteiger partial charge in [0.15, 0.2) is 0 Å². The molecular weight excluding hydrogens is 354 g/mol. The molecule has 0 fully saturated rings. The van der Waals surface area contributed by atoms with Crippen molar-refractivity contribution in [3.8, 4) is 0 Å². The number of benzene rings is 2. The molecule has 2 aromatic rings. The summed E-state index contributed by atoms with van der Waals surface area (Å²) in [6.07, 6.45) is 1.77. The lowest BCUT2D eigenvalue weighted by atomic mass is 9.99. The van der Waals surface area contributed by atoms with Gasteiger partial charge in [0, 0.05) is 6.04 Å². The number of hydrogen-bond acceptors (Lipinski definition) is 2. The Kier molecular flexibility index (Phi) is 9.04. The van der Waals surface area contributed by atoms with Crippen molar-refractivity contribution in [1.82, 2.24) is 0 Å². The molecule has 150 valence electrons. The molecule has 0 aromatic heterocycles. The molecule has 27 heavy (non-hydrogen) atoms. The van der Waals surface area contributed by atoms with E-state index in [-0.39, 0.29) is 6.04 Å². The van der Waals surface area contributed by atoms with E-state index in [1.807, 2.05) is 71.0 Å². The second kappa shape index (κ2) is 10.5. The summed E-state index contributed by atoms with van der Waals surface area (Å²) >= 11 is 0. The predicted molar refractivity (Wildman–Crippen MR) is 117 cm³/mol. The number of hydrogen-bond donors (Lipinski definition) is 0. The number of aryl methyl sites for hydroxylation is 1. The summed E-state index contributed by atoms with van der Waals surface area (Å²) in [7, 11) is -3.53. The lowest BCUT2D eigenvalue weighted by Crippen LogP contribution is -2.42. The van der Waals surface area contributed by atoms with Gasteiger partial charge in [-0.15, -0.1) is 0 Å². The number of sulfonamides is 1. The number of anilines is 1. The molecule has 0 saturated heterocycles. The van der Waals surface area contributed by atoms with Crippen LogP contribution in [0.3, 0.4) is 0 Å². The molecule has 0 radical (unpaired) electrons. The average molecular weight is 390 g/mol. The third kappa shape index (κ3) is 5.13. The molecule has 3 rings (SSSR count). The maximum atomic E-state index is 13.2. The van der Waals surface area contributed by atoms with Crippen molar-refractivity contribution in [1.29, 1.82) is 0 Å². The van der Waals surface area contributed by atoms with Crippen molar-refractivity contribution in [2.75, 3.05) is 4.31 Å². The largest absolute Gasteiger partial charge is 0.264 e. The Morgan fingerprint density at radius 3 is 2.04 bits per heavy atom. The Balaban J connectivity index is 0.000000855. The van der Waals surface area contributed by atoms with Gasteiger partial charge in [0.25, 0.3) is 10.0 Å². The molecule has 0 N–H and O–H groups in total. The normalized spacial score (nSPS) is 15.9. The molecule has 2 aromatic carbocycles. The van der Waals surface area contributed by atoms with Gasteiger partial charge in [0.2, 0.25) is 0 Å². The second-order valence-electron chi connectivity index (χ2n) is 6.54. The highest BCUT2D eigenvalue weighted by atomic mass is 32.2. The van der Waals surface area contributed by atoms with E-state index in [4.69, 9.17) is 0 Å². The molecular formula is C23H35NO2S. The van der Waals surface area contributed by atoms with Crippen LogP contribution in [0.5, 0.6) is 0 Å². The first kappa shape index (κ1) is 23.2. The van der Waals surface area contributed by atoms with Crippen LogP contribution < -0.4 is 4.31 Å². The summed E-state index contributed by atoms with van der Waals surface area (Å²) < 4.78 is 27.9. The molecule has 0 amide bonds. The van der Waals surface area contributed by atoms with E-state index in [1.54, 1.807) is 16.4 Å². The first-order chi connectivity index (χ1) is 12.9. The highest BCUT2D eigenvalue weighted by Crippen LogP contribution is 2.35. The Hall–Kier alpha value is -1.81. The molecule has 1 heterocycles. The third-order valence-electron chi connectivity index (χ3n) is 4.56. The number of rotatable bonds is 3. The zero-order chi connectivity index (χ0) is 20.6. The summed E-state index contributed by atoms with van der Waals surface area (Å²) in [6.45, 7) is 14.2. The summed E-state index contributed by atoms with van der Waals surface area (Å²) in [6, 6.07) is 15.1. The third-order valence-corrected chi connectivity index (χ3v) is 6.51. The lowest BCUT2D eigenvalue weighted by molar-refractivity contribution is 0.563. The van der Waals surface area contributed by atoms with E-state index >= 15 is 0 Å². The van der Waals surface area contributed by atoms with Gasteiger partial charge in [0.1, 0.15) is 0 Å². The van der Waals surface area contributed by atoms with Crippen LogP contribution in [0.15, 0.2) is 53.4 Å². The molecule has 0 spiro atoms. The summed E-state index contributed by atoms with van der Waals surface area (Å²) in [5, 5.41) is 0. The van der Waals surface area contributed by atoms with Crippen LogP contribution in [0, 0.1) is 0 Å². The maximum Gasteiger partial charge on any atom is 0.264 e. The van der Waals surface area contributed by atoms with Gasteiger partial charge in [-0.25, -0.2) is 8.42 Å². The molecule has 0 bridgehead atoms. The Morgan fingerprint density at radius 1 is 0.926 bits per heavy atom. The molecule has 1 aliphatic rings. The average Bonchev–Trinajstić information content (AvgIpc) is 2.70. The summed E-state index contributed by atoms with van der Waals surface area (Å²) in [5.41, 5.74) is 3.07. The zero-order valence-corrected chi connectivity index (χ0v) is 18.7. The fourth-order valence-electron chi connectivity index (χ4n) is 3.16. The first-order valence-electron chi connectivity index (χ1n) is 10.1. The van der Waals surface area contributed by atoms with Gasteiger partial charge in [-0.05, 0) is 55.0 Å². The van der Waals surface area contributed by atoms with E-state index in [9.17, 15) is 8.42 Å². The smallest absolute Gasteiger partial charge is 0.263 e. The standard InChI is InChI=1S/C19H23NO2S.2C2H6/c1-14(2)16-10-12-18(13-11-16)23(21,22)20-15(3)8-9-17-6-4-5-7-19(17)20;2*1-2/h4-7,10-15H,8-9H2,1-3H3;2*1-2H3. The molecule has 4 heteroatoms. The predicted octanol–water partition coefficient (Wildman–Crippen LogP) is 6.39. The fourth-order valence-corrected chi connectivity index (χ4v) is 4.88. The van der Waals surface area contributed by atoms with Crippen LogP contribution in [-0.4, -0.2) is 14.5 Å². The van der Waals surface area contributed by atoms with E-state index < -0.39 is 10.0 Å². The van der Waals surface area contributed by atoms with E-state index in [0.717, 1.165) is 29.7 Å². The molecule has 0 aliphatic carbocycles. The fraction of sp³-hybridized carbons (Fsp3) is 0.478. The van der Waals surface area contributed by atoms with Crippen molar-refractivity contribution in [3.63, 3.8) is 0 Å². The minimum absolute atomic E-state index is 0.0281. The lowest BCUT2D eigenvalue weighted by Gasteiger charge is -2.36. The summed E-state index contributed by atoms with van der Waals surface area (Å²) in [4.78, 5) is 0.366. The van der Waals surface area contributed by atoms with Crippen molar-refractivity contribution in [2.45, 2.75) is 78.2 Å². The van der Waals surface area contributed by atoms with Gasteiger partial charge in [-0.2, -0.15) is 0 Å². The molecule has 3 nitrogen and oxygen atoms in total. The van der Waals surface area contributed by atoms with Crippen LogP contribution in [-0.2, 0) is 16.4 Å². The van der Waals surface area contributed by atoms with Crippen molar-refractivity contribution < 1.29 is 8.42 Å². The van der Waals surface area contributed by atoms with Gasteiger partial charge >= 0.3 is 0 Å².